The second kappa shape index (κ2) is 5.47. The molecule has 2 rings (SSSR count). The van der Waals surface area contributed by atoms with Crippen molar-refractivity contribution in [3.8, 4) is 0 Å². The molecule has 1 aromatic rings. The first-order valence-corrected chi connectivity index (χ1v) is 6.12. The van der Waals surface area contributed by atoms with E-state index in [4.69, 9.17) is 11.6 Å². The van der Waals surface area contributed by atoms with E-state index in [1.165, 1.54) is 6.20 Å². The van der Waals surface area contributed by atoms with Crippen molar-refractivity contribution < 1.29 is 9.90 Å². The molecular formula is C12H15ClN2O2. The molecule has 92 valence electrons. The molecule has 0 bridgehead atoms. The lowest BCUT2D eigenvalue weighted by molar-refractivity contribution is 0.0911. The summed E-state index contributed by atoms with van der Waals surface area (Å²) in [5.41, 5.74) is 0.359. The molecule has 2 atom stereocenters. The summed E-state index contributed by atoms with van der Waals surface area (Å²) in [4.78, 5) is 15.8. The van der Waals surface area contributed by atoms with E-state index in [2.05, 4.69) is 10.3 Å². The van der Waals surface area contributed by atoms with Gasteiger partial charge in [0.05, 0.1) is 5.02 Å². The lowest BCUT2D eigenvalue weighted by Gasteiger charge is -2.18. The molecule has 0 aliphatic heterocycles. The van der Waals surface area contributed by atoms with Crippen LogP contribution in [0.5, 0.6) is 0 Å². The smallest absolute Gasteiger partial charge is 0.270 e. The van der Waals surface area contributed by atoms with Crippen LogP contribution in [0, 0.1) is 5.92 Å². The first kappa shape index (κ1) is 12.3. The Labute approximate surface area is 105 Å². The normalized spacial score (nSPS) is 23.6. The minimum Gasteiger partial charge on any atom is -0.396 e. The summed E-state index contributed by atoms with van der Waals surface area (Å²) >= 11 is 5.71. The second-order valence-corrected chi connectivity index (χ2v) is 4.75. The molecule has 0 radical (unpaired) electrons. The van der Waals surface area contributed by atoms with E-state index in [-0.39, 0.29) is 24.5 Å². The molecule has 17 heavy (non-hydrogen) atoms. The number of aliphatic hydroxyl groups excluding tert-OH is 1. The van der Waals surface area contributed by atoms with Gasteiger partial charge in [-0.25, -0.2) is 4.98 Å². The number of aliphatic hydroxyl groups is 1. The summed E-state index contributed by atoms with van der Waals surface area (Å²) in [6.45, 7) is 0.124. The van der Waals surface area contributed by atoms with Crippen molar-refractivity contribution in [1.29, 1.82) is 0 Å². The van der Waals surface area contributed by atoms with Gasteiger partial charge < -0.3 is 10.4 Å². The average molecular weight is 255 g/mol. The Morgan fingerprint density at radius 2 is 2.35 bits per heavy atom. The Kier molecular flexibility index (Phi) is 3.97. The van der Waals surface area contributed by atoms with Crippen LogP contribution < -0.4 is 5.32 Å². The Balaban J connectivity index is 1.99. The highest BCUT2D eigenvalue weighted by atomic mass is 35.5. The van der Waals surface area contributed by atoms with Gasteiger partial charge in [0.2, 0.25) is 0 Å². The molecule has 0 saturated heterocycles. The van der Waals surface area contributed by atoms with E-state index in [0.29, 0.717) is 10.7 Å². The number of amides is 1. The molecule has 2 N–H and O–H groups in total. The third-order valence-electron chi connectivity index (χ3n) is 3.17. The molecular weight excluding hydrogens is 240 g/mol. The second-order valence-electron chi connectivity index (χ2n) is 4.32. The Morgan fingerprint density at radius 3 is 3.00 bits per heavy atom. The zero-order valence-corrected chi connectivity index (χ0v) is 10.2. The van der Waals surface area contributed by atoms with Crippen LogP contribution in [-0.4, -0.2) is 28.6 Å². The van der Waals surface area contributed by atoms with Crippen LogP contribution in [0.15, 0.2) is 18.3 Å². The number of hydrogen-bond donors (Lipinski definition) is 2. The van der Waals surface area contributed by atoms with Crippen LogP contribution in [0.4, 0.5) is 0 Å². The third-order valence-corrected chi connectivity index (χ3v) is 3.39. The van der Waals surface area contributed by atoms with Gasteiger partial charge >= 0.3 is 0 Å². The third kappa shape index (κ3) is 2.96. The maximum atomic E-state index is 11.9. The van der Waals surface area contributed by atoms with Crippen LogP contribution >= 0.6 is 11.6 Å². The number of hydrogen-bond acceptors (Lipinski definition) is 3. The molecule has 1 aliphatic rings. The number of nitrogens with zero attached hydrogens (tertiary/aromatic N) is 1. The highest BCUT2D eigenvalue weighted by molar-refractivity contribution is 6.30. The minimum atomic E-state index is -0.202. The molecule has 1 aliphatic carbocycles. The van der Waals surface area contributed by atoms with Gasteiger partial charge in [0.25, 0.3) is 5.91 Å². The van der Waals surface area contributed by atoms with Crippen molar-refractivity contribution in [2.75, 3.05) is 6.61 Å². The van der Waals surface area contributed by atoms with Gasteiger partial charge in [-0.1, -0.05) is 18.0 Å². The van der Waals surface area contributed by atoms with E-state index < -0.39 is 0 Å². The lowest BCUT2D eigenvalue weighted by Crippen LogP contribution is -2.38. The number of pyridine rings is 1. The van der Waals surface area contributed by atoms with Crippen molar-refractivity contribution in [1.82, 2.24) is 10.3 Å². The van der Waals surface area contributed by atoms with Crippen molar-refractivity contribution in [2.24, 2.45) is 5.92 Å². The predicted molar refractivity (Wildman–Crippen MR) is 64.9 cm³/mol. The monoisotopic (exact) mass is 254 g/mol. The van der Waals surface area contributed by atoms with Crippen molar-refractivity contribution in [3.05, 3.63) is 29.0 Å². The van der Waals surface area contributed by atoms with Crippen LogP contribution in [0.25, 0.3) is 0 Å². The number of carbonyl (C=O) groups excluding carboxylic acids is 1. The summed E-state index contributed by atoms with van der Waals surface area (Å²) < 4.78 is 0. The molecule has 1 saturated carbocycles. The summed E-state index contributed by atoms with van der Waals surface area (Å²) in [5.74, 6) is -0.0294. The molecule has 2 unspecified atom stereocenters. The number of halogens is 1. The van der Waals surface area contributed by atoms with Gasteiger partial charge in [0.15, 0.2) is 0 Å². The molecule has 4 nitrogen and oxygen atoms in total. The van der Waals surface area contributed by atoms with Crippen molar-refractivity contribution in [3.63, 3.8) is 0 Å². The number of aromatic nitrogens is 1. The van der Waals surface area contributed by atoms with Crippen LogP contribution in [0.3, 0.4) is 0 Å². The maximum Gasteiger partial charge on any atom is 0.270 e. The minimum absolute atomic E-state index is 0.0602. The van der Waals surface area contributed by atoms with E-state index in [1.807, 2.05) is 0 Å². The summed E-state index contributed by atoms with van der Waals surface area (Å²) in [6, 6.07) is 3.30. The molecule has 0 aromatic carbocycles. The van der Waals surface area contributed by atoms with Crippen molar-refractivity contribution in [2.45, 2.75) is 25.3 Å². The largest absolute Gasteiger partial charge is 0.396 e. The number of carbonyl (C=O) groups is 1. The zero-order chi connectivity index (χ0) is 12.3. The molecule has 1 amide bonds. The van der Waals surface area contributed by atoms with Gasteiger partial charge in [-0.3, -0.25) is 4.79 Å². The summed E-state index contributed by atoms with van der Waals surface area (Å²) in [7, 11) is 0. The number of rotatable bonds is 3. The molecule has 1 aromatic heterocycles. The Morgan fingerprint density at radius 1 is 1.53 bits per heavy atom. The molecule has 1 heterocycles. The van der Waals surface area contributed by atoms with Crippen molar-refractivity contribution >= 4 is 17.5 Å². The maximum absolute atomic E-state index is 11.9. The fourth-order valence-corrected chi connectivity index (χ4v) is 2.31. The fourth-order valence-electron chi connectivity index (χ4n) is 2.20. The lowest BCUT2D eigenvalue weighted by atomic mass is 10.1. The van der Waals surface area contributed by atoms with Crippen LogP contribution in [0.1, 0.15) is 29.8 Å². The van der Waals surface area contributed by atoms with Gasteiger partial charge in [-0.05, 0) is 25.0 Å². The van der Waals surface area contributed by atoms with E-state index in [0.717, 1.165) is 19.3 Å². The van der Waals surface area contributed by atoms with Gasteiger partial charge in [-0.2, -0.15) is 0 Å². The van der Waals surface area contributed by atoms with Gasteiger partial charge in [-0.15, -0.1) is 0 Å². The topological polar surface area (TPSA) is 62.2 Å². The van der Waals surface area contributed by atoms with Crippen LogP contribution in [0.2, 0.25) is 5.02 Å². The average Bonchev–Trinajstić information content (AvgIpc) is 2.77. The fraction of sp³-hybridized carbons (Fsp3) is 0.500. The summed E-state index contributed by atoms with van der Waals surface area (Å²) in [6.07, 6.45) is 4.39. The Hall–Kier alpha value is -1.13. The SMILES string of the molecule is O=C(NC1CCCC1CO)c1ccc(Cl)cn1. The predicted octanol–water partition coefficient (Wildman–Crippen LogP) is 1.63. The van der Waals surface area contributed by atoms with E-state index >= 15 is 0 Å². The van der Waals surface area contributed by atoms with E-state index in [1.54, 1.807) is 12.1 Å². The van der Waals surface area contributed by atoms with Gasteiger partial charge in [0, 0.05) is 24.8 Å². The van der Waals surface area contributed by atoms with E-state index in [9.17, 15) is 9.90 Å². The summed E-state index contributed by atoms with van der Waals surface area (Å²) in [5, 5.41) is 12.6. The molecule has 1 fully saturated rings. The zero-order valence-electron chi connectivity index (χ0n) is 9.40. The van der Waals surface area contributed by atoms with Crippen LogP contribution in [-0.2, 0) is 0 Å². The first-order valence-electron chi connectivity index (χ1n) is 5.74. The Bertz CT molecular complexity index is 394. The van der Waals surface area contributed by atoms with Gasteiger partial charge in [0.1, 0.15) is 5.69 Å². The quantitative estimate of drug-likeness (QED) is 0.862. The highest BCUT2D eigenvalue weighted by Crippen LogP contribution is 2.25. The highest BCUT2D eigenvalue weighted by Gasteiger charge is 2.28. The molecule has 0 spiro atoms. The number of nitrogens with one attached hydrogen (secondary N) is 1. The molecule has 5 heteroatoms. The standard InChI is InChI=1S/C12H15ClN2O2/c13-9-4-5-11(14-6-9)12(17)15-10-3-1-2-8(10)7-16/h4-6,8,10,16H,1-3,7H2,(H,15,17). The first-order chi connectivity index (χ1) is 8.20.